The van der Waals surface area contributed by atoms with Crippen LogP contribution < -0.4 is 10.0 Å². The lowest BCUT2D eigenvalue weighted by atomic mass is 10.2. The molecule has 1 aliphatic heterocycles. The molecule has 0 amide bonds. The van der Waals surface area contributed by atoms with Crippen molar-refractivity contribution in [2.24, 2.45) is 7.05 Å². The molecule has 0 unspecified atom stereocenters. The van der Waals surface area contributed by atoms with E-state index < -0.39 is 10.0 Å². The molecule has 0 aliphatic carbocycles. The third-order valence-electron chi connectivity index (χ3n) is 3.32. The van der Waals surface area contributed by atoms with Crippen LogP contribution in [0.15, 0.2) is 17.3 Å². The van der Waals surface area contributed by atoms with E-state index in [-0.39, 0.29) is 4.90 Å². The van der Waals surface area contributed by atoms with E-state index in [1.807, 2.05) is 0 Å². The zero-order valence-corrected chi connectivity index (χ0v) is 12.2. The second-order valence-electron chi connectivity index (χ2n) is 4.84. The van der Waals surface area contributed by atoms with Gasteiger partial charge in [-0.1, -0.05) is 0 Å². The molecule has 1 atom stereocenters. The number of hydrogen-bond donors (Lipinski definition) is 2. The van der Waals surface area contributed by atoms with Crippen LogP contribution in [0.3, 0.4) is 0 Å². The van der Waals surface area contributed by atoms with E-state index in [2.05, 4.69) is 27.0 Å². The number of nitrogens with zero attached hydrogens (tertiary/aromatic N) is 3. The maximum atomic E-state index is 12.0. The van der Waals surface area contributed by atoms with Crippen molar-refractivity contribution in [2.75, 3.05) is 32.7 Å². The molecule has 1 fully saturated rings. The minimum atomic E-state index is -3.43. The first-order valence-corrected chi connectivity index (χ1v) is 7.90. The largest absolute Gasteiger partial charge is 0.314 e. The van der Waals surface area contributed by atoms with Crippen molar-refractivity contribution in [1.82, 2.24) is 24.7 Å². The molecular weight excluding hydrogens is 266 g/mol. The second kappa shape index (κ2) is 6.00. The van der Waals surface area contributed by atoms with Crippen molar-refractivity contribution < 1.29 is 8.42 Å². The van der Waals surface area contributed by atoms with Crippen molar-refractivity contribution >= 4 is 10.0 Å². The SMILES string of the molecule is C[C@H]1CNCCN1CCNS(=O)(=O)c1cnn(C)c1. The highest BCUT2D eigenvalue weighted by atomic mass is 32.2. The van der Waals surface area contributed by atoms with Gasteiger partial charge in [0, 0.05) is 52.0 Å². The Balaban J connectivity index is 1.85. The highest BCUT2D eigenvalue weighted by Gasteiger charge is 2.19. The third kappa shape index (κ3) is 3.75. The number of aryl methyl sites for hydroxylation is 1. The monoisotopic (exact) mass is 287 g/mol. The summed E-state index contributed by atoms with van der Waals surface area (Å²) < 4.78 is 28.0. The van der Waals surface area contributed by atoms with Crippen LogP contribution in [0.5, 0.6) is 0 Å². The van der Waals surface area contributed by atoms with Gasteiger partial charge < -0.3 is 5.32 Å². The maximum Gasteiger partial charge on any atom is 0.243 e. The first-order valence-electron chi connectivity index (χ1n) is 6.42. The number of hydrogen-bond acceptors (Lipinski definition) is 5. The topological polar surface area (TPSA) is 79.3 Å². The minimum absolute atomic E-state index is 0.211. The molecule has 1 aromatic heterocycles. The normalized spacial score (nSPS) is 21.7. The number of aromatic nitrogens is 2. The Labute approximate surface area is 114 Å². The van der Waals surface area contributed by atoms with E-state index in [0.717, 1.165) is 26.2 Å². The number of piperazine rings is 1. The summed E-state index contributed by atoms with van der Waals surface area (Å²) in [6, 6.07) is 0.441. The van der Waals surface area contributed by atoms with Crippen LogP contribution >= 0.6 is 0 Å². The number of nitrogens with one attached hydrogen (secondary N) is 2. The molecule has 0 radical (unpaired) electrons. The molecule has 0 spiro atoms. The lowest BCUT2D eigenvalue weighted by Gasteiger charge is -2.33. The van der Waals surface area contributed by atoms with Crippen molar-refractivity contribution in [3.8, 4) is 0 Å². The third-order valence-corrected chi connectivity index (χ3v) is 4.74. The molecule has 0 saturated carbocycles. The fraction of sp³-hybridized carbons (Fsp3) is 0.727. The molecule has 19 heavy (non-hydrogen) atoms. The van der Waals surface area contributed by atoms with Gasteiger partial charge in [0.1, 0.15) is 4.90 Å². The molecule has 108 valence electrons. The fourth-order valence-electron chi connectivity index (χ4n) is 2.16. The lowest BCUT2D eigenvalue weighted by molar-refractivity contribution is 0.177. The summed E-state index contributed by atoms with van der Waals surface area (Å²) >= 11 is 0. The van der Waals surface area contributed by atoms with E-state index in [4.69, 9.17) is 0 Å². The molecule has 1 aromatic rings. The molecule has 0 bridgehead atoms. The zero-order chi connectivity index (χ0) is 13.9. The van der Waals surface area contributed by atoms with Gasteiger partial charge in [-0.15, -0.1) is 0 Å². The van der Waals surface area contributed by atoms with Crippen LogP contribution in [-0.2, 0) is 17.1 Å². The fourth-order valence-corrected chi connectivity index (χ4v) is 3.16. The van der Waals surface area contributed by atoms with Gasteiger partial charge in [-0.2, -0.15) is 5.10 Å². The maximum absolute atomic E-state index is 12.0. The van der Waals surface area contributed by atoms with Gasteiger partial charge in [-0.05, 0) is 6.92 Å². The summed E-state index contributed by atoms with van der Waals surface area (Å²) in [6.07, 6.45) is 2.85. The van der Waals surface area contributed by atoms with Gasteiger partial charge in [0.25, 0.3) is 0 Å². The van der Waals surface area contributed by atoms with Gasteiger partial charge in [-0.3, -0.25) is 9.58 Å². The molecule has 1 saturated heterocycles. The van der Waals surface area contributed by atoms with Crippen LogP contribution in [0.2, 0.25) is 0 Å². The Morgan fingerprint density at radius 2 is 2.37 bits per heavy atom. The van der Waals surface area contributed by atoms with Gasteiger partial charge in [0.05, 0.1) is 6.20 Å². The Morgan fingerprint density at radius 3 is 3.00 bits per heavy atom. The first kappa shape index (κ1) is 14.4. The van der Waals surface area contributed by atoms with Crippen LogP contribution in [-0.4, -0.2) is 61.9 Å². The smallest absolute Gasteiger partial charge is 0.243 e. The first-order chi connectivity index (χ1) is 8.99. The summed E-state index contributed by atoms with van der Waals surface area (Å²) in [5, 5.41) is 7.18. The molecule has 2 rings (SSSR count). The number of rotatable bonds is 5. The average molecular weight is 287 g/mol. The van der Waals surface area contributed by atoms with Crippen LogP contribution in [0, 0.1) is 0 Å². The minimum Gasteiger partial charge on any atom is -0.314 e. The molecule has 8 heteroatoms. The van der Waals surface area contributed by atoms with Crippen molar-refractivity contribution in [3.63, 3.8) is 0 Å². The Morgan fingerprint density at radius 1 is 1.58 bits per heavy atom. The summed E-state index contributed by atoms with van der Waals surface area (Å²) in [7, 11) is -1.74. The Bertz CT molecular complexity index is 513. The zero-order valence-electron chi connectivity index (χ0n) is 11.3. The van der Waals surface area contributed by atoms with E-state index in [1.54, 1.807) is 7.05 Å². The predicted molar refractivity (Wildman–Crippen MR) is 72.3 cm³/mol. The summed E-state index contributed by atoms with van der Waals surface area (Å²) in [4.78, 5) is 2.49. The van der Waals surface area contributed by atoms with E-state index >= 15 is 0 Å². The molecule has 2 N–H and O–H groups in total. The van der Waals surface area contributed by atoms with Crippen molar-refractivity contribution in [2.45, 2.75) is 17.9 Å². The Kier molecular flexibility index (Phi) is 4.56. The molecule has 0 aromatic carbocycles. The second-order valence-corrected chi connectivity index (χ2v) is 6.60. The molecular formula is C11H21N5O2S. The van der Waals surface area contributed by atoms with Gasteiger partial charge in [0.2, 0.25) is 10.0 Å². The summed E-state index contributed by atoms with van der Waals surface area (Å²) in [6.45, 7) is 6.15. The van der Waals surface area contributed by atoms with Crippen molar-refractivity contribution in [3.05, 3.63) is 12.4 Å². The number of sulfonamides is 1. The Hall–Kier alpha value is -0.960. The predicted octanol–water partition coefficient (Wildman–Crippen LogP) is -1.01. The van der Waals surface area contributed by atoms with Crippen LogP contribution in [0.25, 0.3) is 0 Å². The standard InChI is InChI=1S/C11H21N5O2S/c1-10-7-12-3-5-16(10)6-4-14-19(17,18)11-8-13-15(2)9-11/h8-10,12,14H,3-7H2,1-2H3/t10-/m0/s1. The van der Waals surface area contributed by atoms with Crippen LogP contribution in [0.4, 0.5) is 0 Å². The van der Waals surface area contributed by atoms with Crippen molar-refractivity contribution in [1.29, 1.82) is 0 Å². The van der Waals surface area contributed by atoms with E-state index in [0.29, 0.717) is 12.6 Å². The summed E-state index contributed by atoms with van der Waals surface area (Å²) in [5.41, 5.74) is 0. The molecule has 2 heterocycles. The summed E-state index contributed by atoms with van der Waals surface area (Å²) in [5.74, 6) is 0. The van der Waals surface area contributed by atoms with E-state index in [9.17, 15) is 8.42 Å². The van der Waals surface area contributed by atoms with Gasteiger partial charge >= 0.3 is 0 Å². The molecule has 1 aliphatic rings. The van der Waals surface area contributed by atoms with Gasteiger partial charge in [0.15, 0.2) is 0 Å². The quantitative estimate of drug-likeness (QED) is 0.725. The van der Waals surface area contributed by atoms with E-state index in [1.165, 1.54) is 17.1 Å². The molecule has 7 nitrogen and oxygen atoms in total. The lowest BCUT2D eigenvalue weighted by Crippen LogP contribution is -2.51. The highest BCUT2D eigenvalue weighted by Crippen LogP contribution is 2.06. The van der Waals surface area contributed by atoms with Gasteiger partial charge in [-0.25, -0.2) is 13.1 Å². The van der Waals surface area contributed by atoms with Crippen LogP contribution in [0.1, 0.15) is 6.92 Å². The highest BCUT2D eigenvalue weighted by molar-refractivity contribution is 7.89. The average Bonchev–Trinajstić information content (AvgIpc) is 2.79.